The Morgan fingerprint density at radius 3 is 2.42 bits per heavy atom. The maximum Gasteiger partial charge on any atom is 0.234 e. The smallest absolute Gasteiger partial charge is 0.234 e. The number of benzene rings is 1. The molecule has 4 heteroatoms. The normalized spacial score (nSPS) is 22.4. The van der Waals surface area contributed by atoms with Crippen molar-refractivity contribution in [2.24, 2.45) is 11.1 Å². The SMILES string of the molecule is CC(=O)c1ccc(N2CCC(N)C(C)(C)C2=O)cc1. The first kappa shape index (κ1) is 13.7. The molecule has 0 aliphatic carbocycles. The number of nitrogens with zero attached hydrogens (tertiary/aromatic N) is 1. The standard InChI is InChI=1S/C15H20N2O2/c1-10(18)11-4-6-12(7-5-11)17-9-8-13(16)15(2,3)14(17)19/h4-7,13H,8-9,16H2,1-3H3. The van der Waals surface area contributed by atoms with Crippen molar-refractivity contribution in [2.75, 3.05) is 11.4 Å². The van der Waals surface area contributed by atoms with E-state index in [0.29, 0.717) is 12.1 Å². The van der Waals surface area contributed by atoms with Crippen LogP contribution in [0, 0.1) is 5.41 Å². The number of rotatable bonds is 2. The molecule has 1 saturated heterocycles. The molecule has 1 aromatic carbocycles. The van der Waals surface area contributed by atoms with Crippen molar-refractivity contribution in [3.63, 3.8) is 0 Å². The van der Waals surface area contributed by atoms with Gasteiger partial charge in [-0.1, -0.05) is 0 Å². The summed E-state index contributed by atoms with van der Waals surface area (Å²) < 4.78 is 0. The topological polar surface area (TPSA) is 63.4 Å². The fourth-order valence-electron chi connectivity index (χ4n) is 2.36. The molecule has 0 saturated carbocycles. The molecular formula is C15H20N2O2. The molecule has 1 amide bonds. The van der Waals surface area contributed by atoms with E-state index in [1.807, 2.05) is 26.0 Å². The Bertz CT molecular complexity index is 505. The molecule has 19 heavy (non-hydrogen) atoms. The Labute approximate surface area is 113 Å². The minimum atomic E-state index is -0.544. The van der Waals surface area contributed by atoms with Gasteiger partial charge in [-0.2, -0.15) is 0 Å². The largest absolute Gasteiger partial charge is 0.327 e. The number of hydrogen-bond donors (Lipinski definition) is 1. The minimum Gasteiger partial charge on any atom is -0.327 e. The molecule has 0 bridgehead atoms. The molecule has 4 nitrogen and oxygen atoms in total. The fourth-order valence-corrected chi connectivity index (χ4v) is 2.36. The Morgan fingerprint density at radius 2 is 1.89 bits per heavy atom. The number of hydrogen-bond acceptors (Lipinski definition) is 3. The van der Waals surface area contributed by atoms with Crippen molar-refractivity contribution in [1.29, 1.82) is 0 Å². The first-order chi connectivity index (χ1) is 8.84. The summed E-state index contributed by atoms with van der Waals surface area (Å²) in [6, 6.07) is 7.05. The highest BCUT2D eigenvalue weighted by atomic mass is 16.2. The number of ketones is 1. The maximum atomic E-state index is 12.5. The lowest BCUT2D eigenvalue weighted by molar-refractivity contribution is -0.129. The number of anilines is 1. The second-order valence-electron chi connectivity index (χ2n) is 5.68. The van der Waals surface area contributed by atoms with Crippen LogP contribution in [0.4, 0.5) is 5.69 Å². The van der Waals surface area contributed by atoms with Gasteiger partial charge in [-0.3, -0.25) is 9.59 Å². The van der Waals surface area contributed by atoms with E-state index in [1.54, 1.807) is 17.0 Å². The van der Waals surface area contributed by atoms with E-state index in [1.165, 1.54) is 6.92 Å². The maximum absolute atomic E-state index is 12.5. The number of piperidine rings is 1. The molecule has 1 fully saturated rings. The summed E-state index contributed by atoms with van der Waals surface area (Å²) in [6.07, 6.45) is 0.785. The summed E-state index contributed by atoms with van der Waals surface area (Å²) in [7, 11) is 0. The minimum absolute atomic E-state index is 0.0267. The summed E-state index contributed by atoms with van der Waals surface area (Å²) in [4.78, 5) is 25.5. The van der Waals surface area contributed by atoms with Gasteiger partial charge in [-0.15, -0.1) is 0 Å². The van der Waals surface area contributed by atoms with Gasteiger partial charge < -0.3 is 10.6 Å². The summed E-state index contributed by atoms with van der Waals surface area (Å²) in [5, 5.41) is 0. The molecule has 1 aliphatic rings. The van der Waals surface area contributed by atoms with Gasteiger partial charge >= 0.3 is 0 Å². The number of carbonyl (C=O) groups excluding carboxylic acids is 2. The lowest BCUT2D eigenvalue weighted by Gasteiger charge is -2.41. The van der Waals surface area contributed by atoms with Gasteiger partial charge in [0.15, 0.2) is 5.78 Å². The van der Waals surface area contributed by atoms with Crippen molar-refractivity contribution in [3.8, 4) is 0 Å². The number of Topliss-reactive ketones (excluding diaryl/α,β-unsaturated/α-hetero) is 1. The highest BCUT2D eigenvalue weighted by Crippen LogP contribution is 2.32. The fraction of sp³-hybridized carbons (Fsp3) is 0.467. The van der Waals surface area contributed by atoms with Crippen molar-refractivity contribution < 1.29 is 9.59 Å². The van der Waals surface area contributed by atoms with Crippen LogP contribution in [0.2, 0.25) is 0 Å². The van der Waals surface area contributed by atoms with Crippen molar-refractivity contribution in [1.82, 2.24) is 0 Å². The second-order valence-corrected chi connectivity index (χ2v) is 5.68. The summed E-state index contributed by atoms with van der Waals surface area (Å²) in [6.45, 7) is 5.93. The monoisotopic (exact) mass is 260 g/mol. The van der Waals surface area contributed by atoms with Gasteiger partial charge in [0, 0.05) is 23.8 Å². The summed E-state index contributed by atoms with van der Waals surface area (Å²) in [5.74, 6) is 0.0701. The van der Waals surface area contributed by atoms with Crippen molar-refractivity contribution in [2.45, 2.75) is 33.2 Å². The van der Waals surface area contributed by atoms with Crippen LogP contribution in [-0.4, -0.2) is 24.3 Å². The lowest BCUT2D eigenvalue weighted by atomic mass is 9.78. The van der Waals surface area contributed by atoms with E-state index in [-0.39, 0.29) is 17.7 Å². The average Bonchev–Trinajstić information content (AvgIpc) is 2.37. The zero-order valence-electron chi connectivity index (χ0n) is 11.6. The summed E-state index contributed by atoms with van der Waals surface area (Å²) >= 11 is 0. The first-order valence-electron chi connectivity index (χ1n) is 6.52. The van der Waals surface area contributed by atoms with Crippen LogP contribution in [0.5, 0.6) is 0 Å². The average molecular weight is 260 g/mol. The molecule has 1 unspecified atom stereocenters. The van der Waals surface area contributed by atoms with Crippen molar-refractivity contribution in [3.05, 3.63) is 29.8 Å². The lowest BCUT2D eigenvalue weighted by Crippen LogP contribution is -2.56. The van der Waals surface area contributed by atoms with Gasteiger partial charge in [-0.25, -0.2) is 0 Å². The van der Waals surface area contributed by atoms with Crippen LogP contribution in [0.25, 0.3) is 0 Å². The van der Waals surface area contributed by atoms with E-state index < -0.39 is 5.41 Å². The van der Waals surface area contributed by atoms with Gasteiger partial charge in [0.05, 0.1) is 5.41 Å². The van der Waals surface area contributed by atoms with Crippen LogP contribution < -0.4 is 10.6 Å². The molecule has 102 valence electrons. The van der Waals surface area contributed by atoms with Crippen LogP contribution in [0.15, 0.2) is 24.3 Å². The molecular weight excluding hydrogens is 240 g/mol. The first-order valence-corrected chi connectivity index (χ1v) is 6.52. The molecule has 1 heterocycles. The third kappa shape index (κ3) is 2.40. The zero-order valence-corrected chi connectivity index (χ0v) is 11.6. The van der Waals surface area contributed by atoms with E-state index >= 15 is 0 Å². The van der Waals surface area contributed by atoms with Gasteiger partial charge in [-0.05, 0) is 51.5 Å². The molecule has 0 spiro atoms. The van der Waals surface area contributed by atoms with Crippen LogP contribution >= 0.6 is 0 Å². The molecule has 0 radical (unpaired) electrons. The third-order valence-corrected chi connectivity index (χ3v) is 3.97. The van der Waals surface area contributed by atoms with Gasteiger partial charge in [0.2, 0.25) is 5.91 Å². The molecule has 0 aromatic heterocycles. The van der Waals surface area contributed by atoms with Gasteiger partial charge in [0.1, 0.15) is 0 Å². The van der Waals surface area contributed by atoms with E-state index in [4.69, 9.17) is 5.73 Å². The molecule has 2 rings (SSSR count). The molecule has 1 aliphatic heterocycles. The van der Waals surface area contributed by atoms with E-state index in [0.717, 1.165) is 12.1 Å². The molecule has 1 atom stereocenters. The Balaban J connectivity index is 2.27. The highest BCUT2D eigenvalue weighted by Gasteiger charge is 2.41. The van der Waals surface area contributed by atoms with Crippen molar-refractivity contribution >= 4 is 17.4 Å². The Kier molecular flexibility index (Phi) is 3.45. The zero-order chi connectivity index (χ0) is 14.2. The van der Waals surface area contributed by atoms with Crippen LogP contribution in [0.3, 0.4) is 0 Å². The number of nitrogens with two attached hydrogens (primary N) is 1. The second kappa shape index (κ2) is 4.78. The van der Waals surface area contributed by atoms with Crippen LogP contribution in [-0.2, 0) is 4.79 Å². The third-order valence-electron chi connectivity index (χ3n) is 3.97. The predicted molar refractivity (Wildman–Crippen MR) is 75.2 cm³/mol. The number of amides is 1. The Hall–Kier alpha value is -1.68. The van der Waals surface area contributed by atoms with E-state index in [2.05, 4.69) is 0 Å². The highest BCUT2D eigenvalue weighted by molar-refractivity contribution is 5.99. The quantitative estimate of drug-likeness (QED) is 0.827. The summed E-state index contributed by atoms with van der Waals surface area (Å²) in [5.41, 5.74) is 6.96. The van der Waals surface area contributed by atoms with E-state index in [9.17, 15) is 9.59 Å². The molecule has 2 N–H and O–H groups in total. The predicted octanol–water partition coefficient (Wildman–Crippen LogP) is 1.98. The van der Waals surface area contributed by atoms with Gasteiger partial charge in [0.25, 0.3) is 0 Å². The van der Waals surface area contributed by atoms with Crippen LogP contribution in [0.1, 0.15) is 37.6 Å². The Morgan fingerprint density at radius 1 is 1.32 bits per heavy atom. The number of carbonyl (C=O) groups is 2. The molecule has 1 aromatic rings.